The molecular weight excluding hydrogens is 170 g/mol. The number of rotatable bonds is 1. The van der Waals surface area contributed by atoms with E-state index < -0.39 is 0 Å². The van der Waals surface area contributed by atoms with Crippen molar-refractivity contribution in [2.75, 3.05) is 0 Å². The zero-order valence-corrected chi connectivity index (χ0v) is 7.51. The van der Waals surface area contributed by atoms with Crippen LogP contribution in [0.25, 0.3) is 5.57 Å². The molecule has 0 saturated heterocycles. The zero-order valence-electron chi connectivity index (χ0n) is 6.76. The second-order valence-electron chi connectivity index (χ2n) is 2.99. The molecule has 1 aliphatic carbocycles. The van der Waals surface area contributed by atoms with E-state index in [0.717, 1.165) is 0 Å². The van der Waals surface area contributed by atoms with Gasteiger partial charge in [-0.3, -0.25) is 0 Å². The Kier molecular flexibility index (Phi) is 2.13. The van der Waals surface area contributed by atoms with Crippen LogP contribution in [0, 0.1) is 0 Å². The zero-order chi connectivity index (χ0) is 8.39. The van der Waals surface area contributed by atoms with Crippen LogP contribution in [0.5, 0.6) is 0 Å². The maximum atomic E-state index is 5.69. The summed E-state index contributed by atoms with van der Waals surface area (Å²) in [6, 6.07) is 3.88. The number of halogens is 1. The Morgan fingerprint density at radius 1 is 1.33 bits per heavy atom. The number of nitrogens with zero attached hydrogens (tertiary/aromatic N) is 1. The Bertz CT molecular complexity index is 300. The third kappa shape index (κ3) is 1.51. The third-order valence-corrected chi connectivity index (χ3v) is 2.36. The van der Waals surface area contributed by atoms with Crippen LogP contribution in [0.3, 0.4) is 0 Å². The number of aromatic nitrogens is 1. The highest BCUT2D eigenvalue weighted by Gasteiger charge is 2.06. The number of pyridine rings is 1. The third-order valence-electron chi connectivity index (χ3n) is 2.14. The van der Waals surface area contributed by atoms with Gasteiger partial charge in [0, 0.05) is 6.20 Å². The molecule has 0 bridgehead atoms. The maximum Gasteiger partial charge on any atom is 0.129 e. The van der Waals surface area contributed by atoms with E-state index in [2.05, 4.69) is 11.1 Å². The first-order chi connectivity index (χ1) is 5.86. The monoisotopic (exact) mass is 179 g/mol. The molecule has 2 heteroatoms. The van der Waals surface area contributed by atoms with Crippen LogP contribution in [0.4, 0.5) is 0 Å². The van der Waals surface area contributed by atoms with Crippen LogP contribution in [-0.2, 0) is 0 Å². The lowest BCUT2D eigenvalue weighted by Gasteiger charge is -1.99. The van der Waals surface area contributed by atoms with E-state index in [1.54, 1.807) is 0 Å². The van der Waals surface area contributed by atoms with Crippen molar-refractivity contribution in [3.8, 4) is 0 Å². The summed E-state index contributed by atoms with van der Waals surface area (Å²) in [6.45, 7) is 0. The van der Waals surface area contributed by atoms with E-state index in [1.165, 1.54) is 30.4 Å². The second kappa shape index (κ2) is 3.28. The number of allylic oxidation sites excluding steroid dienone is 2. The lowest BCUT2D eigenvalue weighted by molar-refractivity contribution is 0.935. The van der Waals surface area contributed by atoms with Gasteiger partial charge in [-0.25, -0.2) is 4.98 Å². The molecule has 0 unspecified atom stereocenters. The summed E-state index contributed by atoms with van der Waals surface area (Å²) in [5.74, 6) is 0. The molecule has 62 valence electrons. The molecule has 1 aliphatic rings. The topological polar surface area (TPSA) is 12.9 Å². The second-order valence-corrected chi connectivity index (χ2v) is 3.38. The molecule has 0 radical (unpaired) electrons. The van der Waals surface area contributed by atoms with Crippen molar-refractivity contribution in [1.29, 1.82) is 0 Å². The van der Waals surface area contributed by atoms with Crippen LogP contribution in [0.2, 0.25) is 5.15 Å². The molecule has 12 heavy (non-hydrogen) atoms. The Morgan fingerprint density at radius 3 is 2.83 bits per heavy atom. The molecule has 1 aromatic heterocycles. The average molecular weight is 180 g/mol. The van der Waals surface area contributed by atoms with E-state index in [4.69, 9.17) is 11.6 Å². The highest BCUT2D eigenvalue weighted by atomic mass is 35.5. The van der Waals surface area contributed by atoms with E-state index in [1.807, 2.05) is 18.3 Å². The minimum atomic E-state index is 0.567. The molecule has 2 rings (SSSR count). The highest BCUT2D eigenvalue weighted by molar-refractivity contribution is 6.29. The van der Waals surface area contributed by atoms with Gasteiger partial charge in [-0.2, -0.15) is 0 Å². The fraction of sp³-hybridized carbons (Fsp3) is 0.300. The van der Waals surface area contributed by atoms with Crippen molar-refractivity contribution < 1.29 is 0 Å². The van der Waals surface area contributed by atoms with E-state index in [9.17, 15) is 0 Å². The van der Waals surface area contributed by atoms with Crippen LogP contribution in [-0.4, -0.2) is 4.98 Å². The van der Waals surface area contributed by atoms with Crippen molar-refractivity contribution in [1.82, 2.24) is 4.98 Å². The minimum absolute atomic E-state index is 0.567. The molecule has 0 spiro atoms. The Labute approximate surface area is 77.1 Å². The minimum Gasteiger partial charge on any atom is -0.244 e. The average Bonchev–Trinajstić information content (AvgIpc) is 2.58. The summed E-state index contributed by atoms with van der Waals surface area (Å²) in [7, 11) is 0. The van der Waals surface area contributed by atoms with Gasteiger partial charge in [-0.05, 0) is 36.5 Å². The standard InChI is InChI=1S/C10H10ClN/c11-10-6-5-9(7-12-10)8-3-1-2-4-8/h3,5-7H,1-2,4H2. The Morgan fingerprint density at radius 2 is 2.25 bits per heavy atom. The maximum absolute atomic E-state index is 5.69. The van der Waals surface area contributed by atoms with Gasteiger partial charge in [0.05, 0.1) is 0 Å². The molecule has 0 atom stereocenters. The summed E-state index contributed by atoms with van der Waals surface area (Å²) in [5, 5.41) is 0.567. The molecule has 1 aromatic rings. The van der Waals surface area contributed by atoms with Gasteiger partial charge in [0.25, 0.3) is 0 Å². The highest BCUT2D eigenvalue weighted by Crippen LogP contribution is 2.27. The van der Waals surface area contributed by atoms with Gasteiger partial charge in [-0.1, -0.05) is 23.7 Å². The van der Waals surface area contributed by atoms with E-state index in [-0.39, 0.29) is 0 Å². The van der Waals surface area contributed by atoms with Crippen LogP contribution >= 0.6 is 11.6 Å². The first kappa shape index (κ1) is 7.81. The lowest BCUT2D eigenvalue weighted by Crippen LogP contribution is -1.82. The molecule has 1 heterocycles. The molecule has 1 nitrogen and oxygen atoms in total. The Hall–Kier alpha value is -0.820. The summed E-state index contributed by atoms with van der Waals surface area (Å²) >= 11 is 5.69. The van der Waals surface area contributed by atoms with Gasteiger partial charge in [0.2, 0.25) is 0 Å². The first-order valence-electron chi connectivity index (χ1n) is 4.17. The van der Waals surface area contributed by atoms with Crippen molar-refractivity contribution in [2.24, 2.45) is 0 Å². The summed E-state index contributed by atoms with van der Waals surface area (Å²) < 4.78 is 0. The number of hydrogen-bond donors (Lipinski definition) is 0. The quantitative estimate of drug-likeness (QED) is 0.603. The van der Waals surface area contributed by atoms with Gasteiger partial charge in [0.1, 0.15) is 5.15 Å². The van der Waals surface area contributed by atoms with E-state index in [0.29, 0.717) is 5.15 Å². The Balaban J connectivity index is 2.28. The summed E-state index contributed by atoms with van der Waals surface area (Å²) in [5.41, 5.74) is 2.64. The first-order valence-corrected chi connectivity index (χ1v) is 4.55. The molecule has 0 saturated carbocycles. The summed E-state index contributed by atoms with van der Waals surface area (Å²) in [6.07, 6.45) is 7.80. The molecule has 0 aliphatic heterocycles. The molecule has 0 amide bonds. The number of hydrogen-bond acceptors (Lipinski definition) is 1. The normalized spacial score (nSPS) is 16.2. The van der Waals surface area contributed by atoms with Crippen LogP contribution < -0.4 is 0 Å². The lowest BCUT2D eigenvalue weighted by atomic mass is 10.1. The molecule has 0 N–H and O–H groups in total. The molecular formula is C10H10ClN. The molecule has 0 aromatic carbocycles. The molecule has 0 fully saturated rings. The fourth-order valence-corrected chi connectivity index (χ4v) is 1.61. The van der Waals surface area contributed by atoms with Gasteiger partial charge in [-0.15, -0.1) is 0 Å². The van der Waals surface area contributed by atoms with Crippen LogP contribution in [0.1, 0.15) is 24.8 Å². The fourth-order valence-electron chi connectivity index (χ4n) is 1.50. The summed E-state index contributed by atoms with van der Waals surface area (Å²) in [4.78, 5) is 4.05. The van der Waals surface area contributed by atoms with Gasteiger partial charge in [0.15, 0.2) is 0 Å². The predicted octanol–water partition coefficient (Wildman–Crippen LogP) is 3.30. The SMILES string of the molecule is Clc1ccc(C2=CCCC2)cn1. The smallest absolute Gasteiger partial charge is 0.129 e. The van der Waals surface area contributed by atoms with Crippen molar-refractivity contribution >= 4 is 17.2 Å². The predicted molar refractivity (Wildman–Crippen MR) is 51.1 cm³/mol. The van der Waals surface area contributed by atoms with Gasteiger partial charge >= 0.3 is 0 Å². The van der Waals surface area contributed by atoms with Crippen molar-refractivity contribution in [2.45, 2.75) is 19.3 Å². The largest absolute Gasteiger partial charge is 0.244 e. The van der Waals surface area contributed by atoms with Gasteiger partial charge < -0.3 is 0 Å². The van der Waals surface area contributed by atoms with Crippen LogP contribution in [0.15, 0.2) is 24.4 Å². The van der Waals surface area contributed by atoms with E-state index >= 15 is 0 Å². The van der Waals surface area contributed by atoms with Crippen molar-refractivity contribution in [3.63, 3.8) is 0 Å². The van der Waals surface area contributed by atoms with Crippen molar-refractivity contribution in [3.05, 3.63) is 35.1 Å².